The molecular weight excluding hydrogens is 244 g/mol. The zero-order chi connectivity index (χ0) is 11.8. The number of nitrogens with two attached hydrogens (primary N) is 1. The Morgan fingerprint density at radius 2 is 1.88 bits per heavy atom. The van der Waals surface area contributed by atoms with Crippen molar-refractivity contribution in [1.29, 1.82) is 0 Å². The van der Waals surface area contributed by atoms with Crippen LogP contribution in [0.4, 0.5) is 0 Å². The summed E-state index contributed by atoms with van der Waals surface area (Å²) in [5.74, 6) is 0. The van der Waals surface area contributed by atoms with Gasteiger partial charge in [-0.15, -0.1) is 11.3 Å². The van der Waals surface area contributed by atoms with Crippen molar-refractivity contribution in [3.8, 4) is 10.4 Å². The molecule has 16 heavy (non-hydrogen) atoms. The van der Waals surface area contributed by atoms with Gasteiger partial charge < -0.3 is 0 Å². The lowest BCUT2D eigenvalue weighted by Crippen LogP contribution is -2.13. The quantitative estimate of drug-likeness (QED) is 0.887. The van der Waals surface area contributed by atoms with Crippen LogP contribution in [0.25, 0.3) is 10.4 Å². The summed E-state index contributed by atoms with van der Waals surface area (Å²) in [6.07, 6.45) is 0. The molecule has 0 aliphatic rings. The van der Waals surface area contributed by atoms with E-state index in [2.05, 4.69) is 4.98 Å². The lowest BCUT2D eigenvalue weighted by Gasteiger charge is -1.99. The first kappa shape index (κ1) is 11.3. The van der Waals surface area contributed by atoms with Crippen molar-refractivity contribution in [3.63, 3.8) is 0 Å². The first-order chi connectivity index (χ1) is 7.48. The minimum Gasteiger partial charge on any atom is -0.228 e. The summed E-state index contributed by atoms with van der Waals surface area (Å²) in [6, 6.07) is 9.23. The van der Waals surface area contributed by atoms with Gasteiger partial charge in [-0.05, 0) is 12.5 Å². The van der Waals surface area contributed by atoms with E-state index in [1.165, 1.54) is 11.3 Å². The Balaban J connectivity index is 2.67. The van der Waals surface area contributed by atoms with Crippen LogP contribution in [0, 0.1) is 6.92 Å². The average molecular weight is 254 g/mol. The number of hydrogen-bond donors (Lipinski definition) is 1. The highest BCUT2D eigenvalue weighted by molar-refractivity contribution is 7.89. The Morgan fingerprint density at radius 3 is 2.44 bits per heavy atom. The van der Waals surface area contributed by atoms with Crippen molar-refractivity contribution in [3.05, 3.63) is 35.3 Å². The third-order valence-corrected chi connectivity index (χ3v) is 3.99. The lowest BCUT2D eigenvalue weighted by atomic mass is 10.2. The number of primary sulfonamides is 1. The molecule has 2 aromatic rings. The molecule has 1 aromatic carbocycles. The summed E-state index contributed by atoms with van der Waals surface area (Å²) in [5.41, 5.74) is 0.817. The average Bonchev–Trinajstić information content (AvgIpc) is 2.61. The number of aryl methyl sites for hydroxylation is 1. The first-order valence-electron chi connectivity index (χ1n) is 4.54. The third kappa shape index (κ3) is 2.13. The second kappa shape index (κ2) is 3.97. The molecule has 0 bridgehead atoms. The maximum Gasteiger partial charge on any atom is 0.257 e. The summed E-state index contributed by atoms with van der Waals surface area (Å²) < 4.78 is 22.7. The van der Waals surface area contributed by atoms with Crippen LogP contribution in [0.15, 0.2) is 35.4 Å². The van der Waals surface area contributed by atoms with Gasteiger partial charge in [-0.25, -0.2) is 18.5 Å². The fraction of sp³-hybridized carbons (Fsp3) is 0.100. The highest BCUT2D eigenvalue weighted by Crippen LogP contribution is 2.31. The molecule has 1 aromatic heterocycles. The number of aromatic nitrogens is 1. The molecule has 2 rings (SSSR count). The Hall–Kier alpha value is -1.24. The van der Waals surface area contributed by atoms with Gasteiger partial charge in [0.1, 0.15) is 0 Å². The minimum atomic E-state index is -3.76. The molecule has 0 aliphatic carbocycles. The van der Waals surface area contributed by atoms with Gasteiger partial charge >= 0.3 is 0 Å². The van der Waals surface area contributed by atoms with Crippen LogP contribution in [-0.4, -0.2) is 13.4 Å². The maximum atomic E-state index is 11.4. The molecule has 0 unspecified atom stereocenters. The molecule has 0 amide bonds. The Morgan fingerprint density at radius 1 is 1.25 bits per heavy atom. The van der Waals surface area contributed by atoms with Crippen molar-refractivity contribution in [1.82, 2.24) is 4.98 Å². The van der Waals surface area contributed by atoms with Gasteiger partial charge in [0, 0.05) is 0 Å². The Labute approximate surface area is 97.8 Å². The van der Waals surface area contributed by atoms with Crippen molar-refractivity contribution in [2.45, 2.75) is 11.9 Å². The molecule has 6 heteroatoms. The Bertz CT molecular complexity index is 603. The fourth-order valence-electron chi connectivity index (χ4n) is 1.37. The van der Waals surface area contributed by atoms with Crippen LogP contribution < -0.4 is 5.14 Å². The minimum absolute atomic E-state index is 0.0406. The zero-order valence-electron chi connectivity index (χ0n) is 8.54. The van der Waals surface area contributed by atoms with Crippen molar-refractivity contribution in [2.24, 2.45) is 5.14 Å². The SMILES string of the molecule is Cc1nc(S(N)(=O)=O)c(-c2ccccc2)s1. The largest absolute Gasteiger partial charge is 0.257 e. The number of sulfonamides is 1. The van der Waals surface area contributed by atoms with E-state index >= 15 is 0 Å². The summed E-state index contributed by atoms with van der Waals surface area (Å²) in [5, 5.41) is 5.77. The molecule has 1 heterocycles. The van der Waals surface area contributed by atoms with E-state index in [4.69, 9.17) is 5.14 Å². The molecule has 0 atom stereocenters. The van der Waals surface area contributed by atoms with Gasteiger partial charge in [0.15, 0.2) is 5.03 Å². The fourth-order valence-corrected chi connectivity index (χ4v) is 3.36. The van der Waals surface area contributed by atoms with Gasteiger partial charge in [0.05, 0.1) is 9.88 Å². The summed E-state index contributed by atoms with van der Waals surface area (Å²) in [7, 11) is -3.76. The van der Waals surface area contributed by atoms with Gasteiger partial charge in [-0.3, -0.25) is 0 Å². The molecule has 0 saturated carbocycles. The summed E-state index contributed by atoms with van der Waals surface area (Å²) in [6.45, 7) is 1.76. The van der Waals surface area contributed by atoms with E-state index in [0.29, 0.717) is 9.88 Å². The van der Waals surface area contributed by atoms with Gasteiger partial charge in [-0.2, -0.15) is 0 Å². The van der Waals surface area contributed by atoms with Crippen molar-refractivity contribution in [2.75, 3.05) is 0 Å². The molecule has 4 nitrogen and oxygen atoms in total. The highest BCUT2D eigenvalue weighted by Gasteiger charge is 2.20. The monoisotopic (exact) mass is 254 g/mol. The summed E-state index contributed by atoms with van der Waals surface area (Å²) >= 11 is 1.32. The van der Waals surface area contributed by atoms with E-state index < -0.39 is 10.0 Å². The van der Waals surface area contributed by atoms with Crippen LogP contribution >= 0.6 is 11.3 Å². The van der Waals surface area contributed by atoms with E-state index in [0.717, 1.165) is 5.56 Å². The predicted octanol–water partition coefficient (Wildman–Crippen LogP) is 1.77. The van der Waals surface area contributed by atoms with Crippen LogP contribution in [-0.2, 0) is 10.0 Å². The third-order valence-electron chi connectivity index (χ3n) is 2.01. The number of nitrogens with zero attached hydrogens (tertiary/aromatic N) is 1. The molecule has 0 spiro atoms. The van der Waals surface area contributed by atoms with E-state index in [1.807, 2.05) is 30.3 Å². The normalized spacial score (nSPS) is 11.6. The first-order valence-corrected chi connectivity index (χ1v) is 6.90. The Kier molecular flexibility index (Phi) is 2.79. The molecule has 84 valence electrons. The molecule has 0 radical (unpaired) electrons. The van der Waals surface area contributed by atoms with Gasteiger partial charge in [-0.1, -0.05) is 30.3 Å². The van der Waals surface area contributed by atoms with Crippen molar-refractivity contribution >= 4 is 21.4 Å². The molecule has 0 fully saturated rings. The molecule has 0 saturated heterocycles. The van der Waals surface area contributed by atoms with Crippen LogP contribution in [0.2, 0.25) is 0 Å². The van der Waals surface area contributed by atoms with Crippen LogP contribution in [0.3, 0.4) is 0 Å². The topological polar surface area (TPSA) is 73.0 Å². The van der Waals surface area contributed by atoms with Crippen LogP contribution in [0.5, 0.6) is 0 Å². The number of rotatable bonds is 2. The number of benzene rings is 1. The smallest absolute Gasteiger partial charge is 0.228 e. The van der Waals surface area contributed by atoms with Gasteiger partial charge in [0.25, 0.3) is 10.0 Å². The standard InChI is InChI=1S/C10H10N2O2S2/c1-7-12-10(16(11,13)14)9(15-7)8-5-3-2-4-6-8/h2-6H,1H3,(H2,11,13,14). The van der Waals surface area contributed by atoms with Crippen LogP contribution in [0.1, 0.15) is 5.01 Å². The predicted molar refractivity (Wildman–Crippen MR) is 63.7 cm³/mol. The van der Waals surface area contributed by atoms with Crippen molar-refractivity contribution < 1.29 is 8.42 Å². The van der Waals surface area contributed by atoms with Gasteiger partial charge in [0.2, 0.25) is 0 Å². The molecule has 2 N–H and O–H groups in total. The number of thiazole rings is 1. The number of hydrogen-bond acceptors (Lipinski definition) is 4. The molecule has 0 aliphatic heterocycles. The second-order valence-electron chi connectivity index (χ2n) is 3.28. The lowest BCUT2D eigenvalue weighted by molar-refractivity contribution is 0.595. The maximum absolute atomic E-state index is 11.4. The highest BCUT2D eigenvalue weighted by atomic mass is 32.2. The molecular formula is C10H10N2O2S2. The van der Waals surface area contributed by atoms with E-state index in [1.54, 1.807) is 6.92 Å². The van der Waals surface area contributed by atoms with E-state index in [9.17, 15) is 8.42 Å². The summed E-state index contributed by atoms with van der Waals surface area (Å²) in [4.78, 5) is 4.56. The van der Waals surface area contributed by atoms with E-state index in [-0.39, 0.29) is 5.03 Å². The second-order valence-corrected chi connectivity index (χ2v) is 5.96. The zero-order valence-corrected chi connectivity index (χ0v) is 10.2.